The fourth-order valence-electron chi connectivity index (χ4n) is 1.04. The van der Waals surface area contributed by atoms with Crippen LogP contribution in [0.25, 0.3) is 10.2 Å². The summed E-state index contributed by atoms with van der Waals surface area (Å²) in [6.07, 6.45) is 5.08. The predicted octanol–water partition coefficient (Wildman–Crippen LogP) is 2.96. The van der Waals surface area contributed by atoms with Gasteiger partial charge in [0, 0.05) is 5.02 Å². The summed E-state index contributed by atoms with van der Waals surface area (Å²) in [5, 5.41) is 1.28. The van der Waals surface area contributed by atoms with Gasteiger partial charge in [0.25, 0.3) is 5.19 Å². The lowest BCUT2D eigenvalue weighted by Gasteiger charge is -1.91. The van der Waals surface area contributed by atoms with Crippen molar-refractivity contribution < 1.29 is 4.74 Å². The van der Waals surface area contributed by atoms with Gasteiger partial charge in [-0.1, -0.05) is 28.9 Å². The van der Waals surface area contributed by atoms with E-state index in [4.69, 9.17) is 22.8 Å². The first-order chi connectivity index (χ1) is 6.79. The minimum Gasteiger partial charge on any atom is -0.457 e. The Labute approximate surface area is 90.5 Å². The minimum atomic E-state index is 0.244. The first-order valence-corrected chi connectivity index (χ1v) is 5.11. The molecule has 0 unspecified atom stereocenters. The molecule has 4 heteroatoms. The molecule has 14 heavy (non-hydrogen) atoms. The number of thiazole rings is 1. The molecular formula is C10H6ClNOS. The van der Waals surface area contributed by atoms with Crippen molar-refractivity contribution in [2.75, 3.05) is 6.61 Å². The normalized spacial score (nSPS) is 10.0. The van der Waals surface area contributed by atoms with Crippen LogP contribution >= 0.6 is 22.9 Å². The van der Waals surface area contributed by atoms with E-state index in [-0.39, 0.29) is 6.61 Å². The summed E-state index contributed by atoms with van der Waals surface area (Å²) >= 11 is 7.28. The highest BCUT2D eigenvalue weighted by molar-refractivity contribution is 7.20. The van der Waals surface area contributed by atoms with Crippen LogP contribution in [0.2, 0.25) is 5.02 Å². The first kappa shape index (κ1) is 9.32. The summed E-state index contributed by atoms with van der Waals surface area (Å²) in [7, 11) is 0. The molecule has 70 valence electrons. The van der Waals surface area contributed by atoms with Crippen LogP contribution in [-0.2, 0) is 0 Å². The predicted molar refractivity (Wildman–Crippen MR) is 59.0 cm³/mol. The molecule has 0 aliphatic heterocycles. The van der Waals surface area contributed by atoms with E-state index >= 15 is 0 Å². The van der Waals surface area contributed by atoms with Crippen molar-refractivity contribution in [3.63, 3.8) is 0 Å². The van der Waals surface area contributed by atoms with Gasteiger partial charge in [0.15, 0.2) is 6.61 Å². The monoisotopic (exact) mass is 223 g/mol. The molecule has 1 heterocycles. The smallest absolute Gasteiger partial charge is 0.275 e. The van der Waals surface area contributed by atoms with Crippen LogP contribution in [0.1, 0.15) is 0 Å². The van der Waals surface area contributed by atoms with Crippen molar-refractivity contribution in [1.82, 2.24) is 4.98 Å². The zero-order valence-electron chi connectivity index (χ0n) is 7.16. The third kappa shape index (κ3) is 1.82. The van der Waals surface area contributed by atoms with Crippen molar-refractivity contribution in [2.24, 2.45) is 0 Å². The molecule has 0 amide bonds. The number of aromatic nitrogens is 1. The van der Waals surface area contributed by atoms with E-state index in [0.717, 1.165) is 10.2 Å². The average Bonchev–Trinajstić information content (AvgIpc) is 2.56. The highest BCUT2D eigenvalue weighted by atomic mass is 35.5. The van der Waals surface area contributed by atoms with Crippen LogP contribution in [-0.4, -0.2) is 11.6 Å². The van der Waals surface area contributed by atoms with Crippen LogP contribution in [0.15, 0.2) is 18.2 Å². The Balaban J connectivity index is 2.37. The minimum absolute atomic E-state index is 0.244. The molecule has 0 bridgehead atoms. The fraction of sp³-hybridized carbons (Fsp3) is 0.100. The lowest BCUT2D eigenvalue weighted by molar-refractivity contribution is 0.369. The number of hydrogen-bond donors (Lipinski definition) is 0. The molecule has 0 saturated heterocycles. The van der Waals surface area contributed by atoms with Crippen molar-refractivity contribution in [3.8, 4) is 17.5 Å². The SMILES string of the molecule is C#CCOc1nc2ccc(Cl)cc2s1. The Morgan fingerprint density at radius 3 is 3.21 bits per heavy atom. The summed E-state index contributed by atoms with van der Waals surface area (Å²) in [4.78, 5) is 4.23. The van der Waals surface area contributed by atoms with Crippen molar-refractivity contribution in [2.45, 2.75) is 0 Å². The molecule has 0 radical (unpaired) electrons. The lowest BCUT2D eigenvalue weighted by atomic mass is 10.3. The molecule has 1 aromatic heterocycles. The second kappa shape index (κ2) is 3.87. The topological polar surface area (TPSA) is 22.1 Å². The molecule has 2 aromatic rings. The summed E-state index contributed by atoms with van der Waals surface area (Å²) < 4.78 is 6.21. The van der Waals surface area contributed by atoms with Gasteiger partial charge in [-0.3, -0.25) is 0 Å². The lowest BCUT2D eigenvalue weighted by Crippen LogP contribution is -1.91. The van der Waals surface area contributed by atoms with E-state index in [2.05, 4.69) is 10.9 Å². The zero-order chi connectivity index (χ0) is 9.97. The number of rotatable bonds is 2. The van der Waals surface area contributed by atoms with Gasteiger partial charge < -0.3 is 4.74 Å². The van der Waals surface area contributed by atoms with Crippen LogP contribution in [0.4, 0.5) is 0 Å². The molecule has 0 aliphatic rings. The Hall–Kier alpha value is -1.24. The van der Waals surface area contributed by atoms with Crippen LogP contribution in [0.3, 0.4) is 0 Å². The first-order valence-electron chi connectivity index (χ1n) is 3.92. The Morgan fingerprint density at radius 1 is 1.57 bits per heavy atom. The van der Waals surface area contributed by atoms with Gasteiger partial charge in [-0.15, -0.1) is 6.42 Å². The van der Waals surface area contributed by atoms with Crippen molar-refractivity contribution in [1.29, 1.82) is 0 Å². The van der Waals surface area contributed by atoms with Gasteiger partial charge in [-0.25, -0.2) is 4.98 Å². The molecule has 2 nitrogen and oxygen atoms in total. The molecule has 0 aliphatic carbocycles. The third-order valence-corrected chi connectivity index (χ3v) is 2.78. The van der Waals surface area contributed by atoms with E-state index in [1.165, 1.54) is 11.3 Å². The largest absolute Gasteiger partial charge is 0.457 e. The summed E-state index contributed by atoms with van der Waals surface area (Å²) in [6, 6.07) is 5.52. The summed E-state index contributed by atoms with van der Waals surface area (Å²) in [5.41, 5.74) is 0.881. The van der Waals surface area contributed by atoms with Gasteiger partial charge >= 0.3 is 0 Å². The van der Waals surface area contributed by atoms with E-state index in [9.17, 15) is 0 Å². The van der Waals surface area contributed by atoms with Crippen molar-refractivity contribution in [3.05, 3.63) is 23.2 Å². The Morgan fingerprint density at radius 2 is 2.43 bits per heavy atom. The molecule has 0 saturated carbocycles. The number of ether oxygens (including phenoxy) is 1. The van der Waals surface area contributed by atoms with Gasteiger partial charge in [0.1, 0.15) is 0 Å². The van der Waals surface area contributed by atoms with E-state index in [1.807, 2.05) is 12.1 Å². The molecule has 2 rings (SSSR count). The number of nitrogens with zero attached hydrogens (tertiary/aromatic N) is 1. The second-order valence-electron chi connectivity index (χ2n) is 2.58. The molecule has 0 N–H and O–H groups in total. The van der Waals surface area contributed by atoms with Crippen LogP contribution in [0, 0.1) is 12.3 Å². The maximum Gasteiger partial charge on any atom is 0.275 e. The maximum atomic E-state index is 5.84. The number of terminal acetylenes is 1. The highest BCUT2D eigenvalue weighted by Gasteiger charge is 2.04. The Bertz CT molecular complexity index is 500. The van der Waals surface area contributed by atoms with E-state index in [1.54, 1.807) is 6.07 Å². The summed E-state index contributed by atoms with van der Waals surface area (Å²) in [5.74, 6) is 2.39. The standard InChI is InChI=1S/C10H6ClNOS/c1-2-5-13-10-12-8-4-3-7(11)6-9(8)14-10/h1,3-4,6H,5H2. The van der Waals surface area contributed by atoms with Gasteiger partial charge in [-0.05, 0) is 18.2 Å². The molecule has 0 spiro atoms. The molecule has 1 aromatic carbocycles. The molecule has 0 atom stereocenters. The quantitative estimate of drug-likeness (QED) is 0.731. The molecular weight excluding hydrogens is 218 g/mol. The number of halogens is 1. The second-order valence-corrected chi connectivity index (χ2v) is 4.01. The van der Waals surface area contributed by atoms with E-state index in [0.29, 0.717) is 10.2 Å². The number of hydrogen-bond acceptors (Lipinski definition) is 3. The summed E-state index contributed by atoms with van der Waals surface area (Å²) in [6.45, 7) is 0.244. The zero-order valence-corrected chi connectivity index (χ0v) is 8.73. The van der Waals surface area contributed by atoms with Crippen LogP contribution in [0.5, 0.6) is 5.19 Å². The van der Waals surface area contributed by atoms with Gasteiger partial charge in [0.2, 0.25) is 0 Å². The van der Waals surface area contributed by atoms with Gasteiger partial charge in [-0.2, -0.15) is 0 Å². The number of fused-ring (bicyclic) bond motifs is 1. The van der Waals surface area contributed by atoms with Gasteiger partial charge in [0.05, 0.1) is 10.2 Å². The third-order valence-electron chi connectivity index (χ3n) is 1.61. The van der Waals surface area contributed by atoms with E-state index < -0.39 is 0 Å². The Kier molecular flexibility index (Phi) is 2.58. The number of benzene rings is 1. The molecule has 0 fully saturated rings. The van der Waals surface area contributed by atoms with Crippen LogP contribution < -0.4 is 4.74 Å². The average molecular weight is 224 g/mol. The maximum absolute atomic E-state index is 5.84. The van der Waals surface area contributed by atoms with Crippen molar-refractivity contribution >= 4 is 33.2 Å². The fourth-order valence-corrected chi connectivity index (χ4v) is 2.13. The highest BCUT2D eigenvalue weighted by Crippen LogP contribution is 2.29.